The Morgan fingerprint density at radius 1 is 0.776 bits per heavy atom. The molecule has 0 atom stereocenters. The second kappa shape index (κ2) is 19.6. The van der Waals surface area contributed by atoms with E-state index >= 15 is 0 Å². The van der Waals surface area contributed by atoms with Crippen molar-refractivity contribution in [3.05, 3.63) is 83.4 Å². The number of aryl methyl sites for hydroxylation is 2. The predicted octanol–water partition coefficient (Wildman–Crippen LogP) is 6.87. The molecule has 0 aliphatic carbocycles. The van der Waals surface area contributed by atoms with E-state index in [1.165, 1.54) is 0 Å². The average Bonchev–Trinajstić information content (AvgIpc) is 3.11. The van der Waals surface area contributed by atoms with Gasteiger partial charge in [0.15, 0.2) is 5.82 Å². The number of pyridine rings is 2. The number of anilines is 6. The van der Waals surface area contributed by atoms with Crippen LogP contribution in [0.4, 0.5) is 74.2 Å². The second-order valence-electron chi connectivity index (χ2n) is 11.7. The molecular formula is C33H28ClF9N8O7. The lowest BCUT2D eigenvalue weighted by molar-refractivity contribution is -0.193. The lowest BCUT2D eigenvalue weighted by atomic mass is 9.95. The number of carbonyl (C=O) groups is 4. The SMILES string of the molecule is O=C(CC1CN(c2ccccn2)C1)Nc1ccc2cc1CCc1cncc(c1)Nc1ncc(Cl)c(n1)N2.O=C(O)C(F)(F)F.O=C(O)C(F)(F)F.O=C(O)C(F)(F)F. The normalized spacial score (nSPS) is 13.4. The zero-order valence-electron chi connectivity index (χ0n) is 29.0. The van der Waals surface area contributed by atoms with Crippen LogP contribution >= 0.6 is 11.6 Å². The molecule has 58 heavy (non-hydrogen) atoms. The third-order valence-corrected chi connectivity index (χ3v) is 7.53. The maximum absolute atomic E-state index is 12.9. The van der Waals surface area contributed by atoms with E-state index in [2.05, 4.69) is 40.8 Å². The summed E-state index contributed by atoms with van der Waals surface area (Å²) in [6.45, 7) is 1.67. The number of amides is 1. The zero-order valence-corrected chi connectivity index (χ0v) is 29.7. The molecule has 2 aliphatic heterocycles. The molecule has 0 saturated carbocycles. The smallest absolute Gasteiger partial charge is 0.475 e. The van der Waals surface area contributed by atoms with Gasteiger partial charge in [0.25, 0.3) is 0 Å². The largest absolute Gasteiger partial charge is 0.490 e. The maximum Gasteiger partial charge on any atom is 0.490 e. The van der Waals surface area contributed by atoms with Crippen LogP contribution in [0.25, 0.3) is 0 Å². The van der Waals surface area contributed by atoms with Gasteiger partial charge >= 0.3 is 36.4 Å². The van der Waals surface area contributed by atoms with Crippen LogP contribution in [0.3, 0.4) is 0 Å². The first-order valence-corrected chi connectivity index (χ1v) is 16.3. The summed E-state index contributed by atoms with van der Waals surface area (Å²) in [7, 11) is 0. The number of nitrogens with one attached hydrogen (secondary N) is 3. The van der Waals surface area contributed by atoms with Gasteiger partial charge in [0.05, 0.1) is 18.1 Å². The van der Waals surface area contributed by atoms with Crippen molar-refractivity contribution in [3.63, 3.8) is 0 Å². The summed E-state index contributed by atoms with van der Waals surface area (Å²) in [6, 6.07) is 13.8. The standard InChI is InChI=1S/C27H25ClN8O.3C2HF3O2/c28-22-14-31-27-33-21-9-17(12-29-13-21)4-5-19-11-20(32-26(22)35-27)6-7-23(19)34-25(37)10-18-15-36(16-18)24-3-1-2-8-30-24;3*3-2(4,5)1(6)7/h1-3,6-9,11-14,18H,4-5,10,15-16H2,(H,34,37)(H2,31,32,33,35);3*(H,6,7). The summed E-state index contributed by atoms with van der Waals surface area (Å²) in [4.78, 5) is 59.4. The molecule has 1 aromatic carbocycles. The highest BCUT2D eigenvalue weighted by atomic mass is 35.5. The molecule has 1 saturated heterocycles. The van der Waals surface area contributed by atoms with Crippen LogP contribution in [0.1, 0.15) is 17.5 Å². The Balaban J connectivity index is 0.000000353. The maximum atomic E-state index is 12.9. The third kappa shape index (κ3) is 14.9. The van der Waals surface area contributed by atoms with E-state index in [9.17, 15) is 44.3 Å². The van der Waals surface area contributed by atoms with E-state index in [4.69, 9.17) is 41.3 Å². The Bertz CT molecular complexity index is 2010. The molecule has 1 amide bonds. The number of benzene rings is 1. The van der Waals surface area contributed by atoms with Crippen molar-refractivity contribution in [2.24, 2.45) is 5.92 Å². The molecule has 6 N–H and O–H groups in total. The number of rotatable bonds is 4. The monoisotopic (exact) mass is 854 g/mol. The molecule has 0 radical (unpaired) electrons. The summed E-state index contributed by atoms with van der Waals surface area (Å²) in [5, 5.41) is 31.4. The Hall–Kier alpha value is -6.46. The molecule has 6 rings (SSSR count). The Kier molecular flexibility index (Phi) is 15.5. The fraction of sp³-hybridized carbons (Fsp3) is 0.273. The van der Waals surface area contributed by atoms with Crippen molar-refractivity contribution < 1.29 is 74.0 Å². The van der Waals surface area contributed by atoms with Crippen LogP contribution in [0.15, 0.2) is 67.3 Å². The molecule has 0 unspecified atom stereocenters. The lowest BCUT2D eigenvalue weighted by Crippen LogP contribution is -2.48. The molecule has 3 aromatic heterocycles. The van der Waals surface area contributed by atoms with Gasteiger partial charge in [0, 0.05) is 49.2 Å². The van der Waals surface area contributed by atoms with Gasteiger partial charge in [-0.15, -0.1) is 0 Å². The van der Waals surface area contributed by atoms with Crippen molar-refractivity contribution in [1.29, 1.82) is 0 Å². The number of nitrogens with zero attached hydrogens (tertiary/aromatic N) is 5. The first-order chi connectivity index (χ1) is 26.9. The number of hydrogen-bond acceptors (Lipinski definition) is 11. The van der Waals surface area contributed by atoms with Gasteiger partial charge in [-0.1, -0.05) is 17.7 Å². The van der Waals surface area contributed by atoms with Crippen LogP contribution in [-0.2, 0) is 32.0 Å². The van der Waals surface area contributed by atoms with Crippen LogP contribution in [0.2, 0.25) is 5.02 Å². The second-order valence-corrected chi connectivity index (χ2v) is 12.1. The number of alkyl halides is 9. The molecule has 6 bridgehead atoms. The molecule has 5 heterocycles. The van der Waals surface area contributed by atoms with E-state index < -0.39 is 36.4 Å². The fourth-order valence-electron chi connectivity index (χ4n) is 4.64. The van der Waals surface area contributed by atoms with Gasteiger partial charge < -0.3 is 36.2 Å². The number of aliphatic carboxylic acids is 3. The molecule has 4 aromatic rings. The lowest BCUT2D eigenvalue weighted by Gasteiger charge is -2.39. The van der Waals surface area contributed by atoms with E-state index in [1.807, 2.05) is 48.7 Å². The van der Waals surface area contributed by atoms with Crippen molar-refractivity contribution >= 4 is 70.1 Å². The number of halogens is 10. The Labute approximate surface area is 324 Å². The topological polar surface area (TPSA) is 220 Å². The highest BCUT2D eigenvalue weighted by Gasteiger charge is 2.39. The molecule has 25 heteroatoms. The average molecular weight is 855 g/mol. The quantitative estimate of drug-likeness (QED) is 0.115. The molecule has 15 nitrogen and oxygen atoms in total. The van der Waals surface area contributed by atoms with Crippen LogP contribution in [-0.4, -0.2) is 90.7 Å². The van der Waals surface area contributed by atoms with Crippen LogP contribution < -0.4 is 20.9 Å². The van der Waals surface area contributed by atoms with E-state index in [-0.39, 0.29) is 5.91 Å². The summed E-state index contributed by atoms with van der Waals surface area (Å²) in [5.41, 5.74) is 4.52. The van der Waals surface area contributed by atoms with Gasteiger partial charge in [0.1, 0.15) is 10.8 Å². The van der Waals surface area contributed by atoms with Gasteiger partial charge in [0.2, 0.25) is 11.9 Å². The minimum atomic E-state index is -5.08. The number of carboxylic acids is 3. The van der Waals surface area contributed by atoms with Gasteiger partial charge in [-0.05, 0) is 60.4 Å². The van der Waals surface area contributed by atoms with Crippen molar-refractivity contribution in [2.45, 2.75) is 37.8 Å². The molecular weight excluding hydrogens is 827 g/mol. The van der Waals surface area contributed by atoms with Crippen LogP contribution in [0.5, 0.6) is 0 Å². The fourth-order valence-corrected chi connectivity index (χ4v) is 4.78. The van der Waals surface area contributed by atoms with Crippen molar-refractivity contribution in [3.8, 4) is 0 Å². The number of fused-ring (bicyclic) bond motifs is 6. The third-order valence-electron chi connectivity index (χ3n) is 7.25. The number of aromatic nitrogens is 4. The minimum absolute atomic E-state index is 0.0156. The highest BCUT2D eigenvalue weighted by molar-refractivity contribution is 6.32. The number of carbonyl (C=O) groups excluding carboxylic acids is 1. The van der Waals surface area contributed by atoms with Gasteiger partial charge in [-0.25, -0.2) is 24.4 Å². The summed E-state index contributed by atoms with van der Waals surface area (Å²) in [5.74, 6) is -6.07. The number of carboxylic acid groups (broad SMARTS) is 3. The minimum Gasteiger partial charge on any atom is -0.475 e. The van der Waals surface area contributed by atoms with E-state index in [0.29, 0.717) is 29.1 Å². The Morgan fingerprint density at radius 3 is 1.93 bits per heavy atom. The molecule has 1 fully saturated rings. The summed E-state index contributed by atoms with van der Waals surface area (Å²) in [6.07, 6.45) is -6.36. The van der Waals surface area contributed by atoms with Gasteiger partial charge in [-0.2, -0.15) is 44.5 Å². The highest BCUT2D eigenvalue weighted by Crippen LogP contribution is 2.30. The zero-order chi connectivity index (χ0) is 43.4. The van der Waals surface area contributed by atoms with Crippen molar-refractivity contribution in [1.82, 2.24) is 19.9 Å². The first-order valence-electron chi connectivity index (χ1n) is 15.9. The molecule has 312 valence electrons. The number of hydrogen-bond donors (Lipinski definition) is 6. The van der Waals surface area contributed by atoms with E-state index in [1.54, 1.807) is 18.6 Å². The van der Waals surface area contributed by atoms with Gasteiger partial charge in [-0.3, -0.25) is 9.78 Å². The summed E-state index contributed by atoms with van der Waals surface area (Å²) < 4.78 is 95.2. The van der Waals surface area contributed by atoms with E-state index in [0.717, 1.165) is 59.9 Å². The first kappa shape index (κ1) is 45.9. The molecule has 0 spiro atoms. The predicted molar refractivity (Wildman–Crippen MR) is 186 cm³/mol. The molecule has 2 aliphatic rings. The van der Waals surface area contributed by atoms with Crippen molar-refractivity contribution in [2.75, 3.05) is 33.9 Å². The summed E-state index contributed by atoms with van der Waals surface area (Å²) >= 11 is 6.36. The Morgan fingerprint density at radius 2 is 1.38 bits per heavy atom. The van der Waals surface area contributed by atoms with Crippen LogP contribution in [0, 0.1) is 5.92 Å².